The van der Waals surface area contributed by atoms with Crippen molar-refractivity contribution in [2.24, 2.45) is 5.84 Å². The fourth-order valence-corrected chi connectivity index (χ4v) is 0.534. The molecule has 0 radical (unpaired) electrons. The minimum absolute atomic E-state index is 0. The van der Waals surface area contributed by atoms with Gasteiger partial charge in [0.05, 0.1) is 0 Å². The van der Waals surface area contributed by atoms with E-state index in [2.05, 4.69) is 24.5 Å². The first kappa shape index (κ1) is 36.9. The molecule has 0 unspecified atom stereocenters. The third-order valence-corrected chi connectivity index (χ3v) is 1.37. The van der Waals surface area contributed by atoms with Crippen molar-refractivity contribution < 1.29 is 15.4 Å². The monoisotopic (exact) mass is 340 g/mol. The summed E-state index contributed by atoms with van der Waals surface area (Å²) < 4.78 is 0. The Balaban J connectivity index is -0.0000000355. The molecule has 1 rings (SSSR count). The van der Waals surface area contributed by atoms with Gasteiger partial charge in [-0.25, -0.2) is 0 Å². The number of hydrogen-bond acceptors (Lipinski definition) is 3. The summed E-state index contributed by atoms with van der Waals surface area (Å²) >= 11 is 0. The van der Waals surface area contributed by atoms with E-state index in [0.29, 0.717) is 0 Å². The molecule has 0 aliphatic heterocycles. The second-order valence-corrected chi connectivity index (χ2v) is 4.15. The molecule has 0 fully saturated rings. The van der Waals surface area contributed by atoms with Gasteiger partial charge in [0, 0.05) is 5.54 Å². The Labute approximate surface area is 156 Å². The van der Waals surface area contributed by atoms with Gasteiger partial charge >= 0.3 is 29.6 Å². The van der Waals surface area contributed by atoms with Gasteiger partial charge in [0.15, 0.2) is 0 Å². The molecular weight excluding hydrogens is 314 g/mol. The quantitative estimate of drug-likeness (QED) is 0.286. The van der Waals surface area contributed by atoms with Crippen LogP contribution in [0.15, 0.2) is 30.3 Å². The van der Waals surface area contributed by atoms with Crippen molar-refractivity contribution >= 4 is 60.8 Å². The number of hydrazine groups is 1. The van der Waals surface area contributed by atoms with Crippen molar-refractivity contribution in [1.29, 1.82) is 0 Å². The first-order chi connectivity index (χ1) is 7.37. The van der Waals surface area contributed by atoms with Gasteiger partial charge in [0.25, 0.3) is 6.47 Å². The van der Waals surface area contributed by atoms with Gasteiger partial charge in [0.1, 0.15) is 0 Å². The van der Waals surface area contributed by atoms with Crippen molar-refractivity contribution in [2.45, 2.75) is 33.2 Å². The zero-order valence-corrected chi connectivity index (χ0v) is 13.3. The zero-order chi connectivity index (χ0) is 13.0. The van der Waals surface area contributed by atoms with Gasteiger partial charge in [-0.3, -0.25) is 16.1 Å². The standard InChI is InChI=1S/C7H8.C4H12N2.CH2O2.2ClH.Na.H2O.H/c1-7-5-3-2-4-6-7;1-4(2,3)6-5;2-1-3;;;;;/h2-6H,1H3;6H,5H2,1-3H3;1H,(H,2,3);2*1H;;1H2;. The van der Waals surface area contributed by atoms with E-state index in [4.69, 9.17) is 15.7 Å². The van der Waals surface area contributed by atoms with Crippen LogP contribution in [0.1, 0.15) is 26.3 Å². The van der Waals surface area contributed by atoms with Crippen LogP contribution in [0.3, 0.4) is 0 Å². The Hall–Kier alpha value is 0.150. The summed E-state index contributed by atoms with van der Waals surface area (Å²) in [5, 5.41) is 6.89. The molecular formula is C12H27Cl2N2NaO3. The van der Waals surface area contributed by atoms with Crippen LogP contribution in [-0.2, 0) is 4.79 Å². The summed E-state index contributed by atoms with van der Waals surface area (Å²) in [4.78, 5) is 8.36. The summed E-state index contributed by atoms with van der Waals surface area (Å²) in [5.41, 5.74) is 4.00. The molecule has 20 heavy (non-hydrogen) atoms. The van der Waals surface area contributed by atoms with Crippen molar-refractivity contribution in [1.82, 2.24) is 5.43 Å². The topological polar surface area (TPSA) is 107 Å². The molecule has 0 saturated carbocycles. The van der Waals surface area contributed by atoms with Crippen molar-refractivity contribution in [3.05, 3.63) is 35.9 Å². The Kier molecular flexibility index (Phi) is 44.6. The summed E-state index contributed by atoms with van der Waals surface area (Å²) in [5.74, 6) is 5.06. The molecule has 1 aromatic carbocycles. The van der Waals surface area contributed by atoms with Gasteiger partial charge in [0.2, 0.25) is 0 Å². The predicted molar refractivity (Wildman–Crippen MR) is 92.2 cm³/mol. The third-order valence-electron chi connectivity index (χ3n) is 1.37. The van der Waals surface area contributed by atoms with E-state index < -0.39 is 0 Å². The Morgan fingerprint density at radius 1 is 1.15 bits per heavy atom. The fraction of sp³-hybridized carbons (Fsp3) is 0.417. The summed E-state index contributed by atoms with van der Waals surface area (Å²) in [6.45, 7) is 7.85. The molecule has 0 aliphatic carbocycles. The molecule has 0 heterocycles. The number of nitrogens with one attached hydrogen (secondary N) is 1. The van der Waals surface area contributed by atoms with Crippen LogP contribution in [0, 0.1) is 6.92 Å². The zero-order valence-electron chi connectivity index (χ0n) is 11.7. The number of halogens is 2. The van der Waals surface area contributed by atoms with Crippen LogP contribution in [0.4, 0.5) is 0 Å². The van der Waals surface area contributed by atoms with Gasteiger partial charge in [-0.05, 0) is 27.7 Å². The predicted octanol–water partition coefficient (Wildman–Crippen LogP) is 1.31. The SMILES string of the molecule is CC(C)(C)NN.Cc1ccccc1.Cl.Cl.O.O=CO.[NaH]. The van der Waals surface area contributed by atoms with Crippen LogP contribution in [0.25, 0.3) is 0 Å². The summed E-state index contributed by atoms with van der Waals surface area (Å²) in [7, 11) is 0. The van der Waals surface area contributed by atoms with Crippen molar-refractivity contribution in [3.8, 4) is 0 Å². The molecule has 1 aromatic rings. The van der Waals surface area contributed by atoms with Gasteiger partial charge in [-0.2, -0.15) is 0 Å². The first-order valence-electron chi connectivity index (χ1n) is 4.94. The fourth-order valence-electron chi connectivity index (χ4n) is 0.534. The van der Waals surface area contributed by atoms with E-state index in [0.717, 1.165) is 0 Å². The van der Waals surface area contributed by atoms with E-state index in [1.807, 2.05) is 39.0 Å². The molecule has 0 saturated heterocycles. The van der Waals surface area contributed by atoms with E-state index in [-0.39, 0.29) is 71.9 Å². The molecule has 0 aliphatic rings. The number of benzene rings is 1. The van der Waals surface area contributed by atoms with E-state index in [1.165, 1.54) is 5.56 Å². The Morgan fingerprint density at radius 2 is 1.40 bits per heavy atom. The van der Waals surface area contributed by atoms with Crippen LogP contribution in [0.2, 0.25) is 0 Å². The molecule has 0 spiro atoms. The minimum atomic E-state index is -0.250. The number of hydrogen-bond donors (Lipinski definition) is 3. The number of rotatable bonds is 0. The average molecular weight is 341 g/mol. The van der Waals surface area contributed by atoms with Gasteiger partial charge in [-0.15, -0.1) is 24.8 Å². The average Bonchev–Trinajstić information content (AvgIpc) is 2.20. The van der Waals surface area contributed by atoms with Crippen LogP contribution < -0.4 is 11.3 Å². The number of aryl methyl sites for hydroxylation is 1. The number of carbonyl (C=O) groups is 1. The second-order valence-electron chi connectivity index (χ2n) is 4.15. The van der Waals surface area contributed by atoms with E-state index in [1.54, 1.807) is 0 Å². The normalized spacial score (nSPS) is 7.25. The third kappa shape index (κ3) is 42.9. The summed E-state index contributed by atoms with van der Waals surface area (Å²) in [6.07, 6.45) is 0. The molecule has 5 nitrogen and oxygen atoms in total. The van der Waals surface area contributed by atoms with Crippen molar-refractivity contribution in [3.63, 3.8) is 0 Å². The van der Waals surface area contributed by atoms with E-state index in [9.17, 15) is 0 Å². The molecule has 0 bridgehead atoms. The first-order valence-corrected chi connectivity index (χ1v) is 4.94. The Morgan fingerprint density at radius 3 is 1.50 bits per heavy atom. The van der Waals surface area contributed by atoms with Crippen LogP contribution in [0.5, 0.6) is 0 Å². The van der Waals surface area contributed by atoms with E-state index >= 15 is 0 Å². The molecule has 6 N–H and O–H groups in total. The maximum absolute atomic E-state index is 8.36. The number of nitrogens with two attached hydrogens (primary N) is 1. The number of carboxylic acid groups (broad SMARTS) is 1. The molecule has 118 valence electrons. The molecule has 8 heteroatoms. The van der Waals surface area contributed by atoms with Gasteiger partial charge in [-0.1, -0.05) is 35.9 Å². The maximum atomic E-state index is 8.36. The summed E-state index contributed by atoms with van der Waals surface area (Å²) in [6, 6.07) is 10.3. The second kappa shape index (κ2) is 24.2. The van der Waals surface area contributed by atoms with Crippen molar-refractivity contribution in [2.75, 3.05) is 0 Å². The van der Waals surface area contributed by atoms with Crippen LogP contribution in [-0.4, -0.2) is 52.2 Å². The van der Waals surface area contributed by atoms with Gasteiger partial charge < -0.3 is 10.6 Å². The van der Waals surface area contributed by atoms with Crippen LogP contribution >= 0.6 is 24.8 Å². The molecule has 0 amide bonds. The molecule has 0 aromatic heterocycles. The molecule has 0 atom stereocenters. The Bertz CT molecular complexity index is 273.